The van der Waals surface area contributed by atoms with Crippen LogP contribution in [0.4, 0.5) is 5.69 Å². The Balaban J connectivity index is 1.43. The van der Waals surface area contributed by atoms with Gasteiger partial charge in [0.2, 0.25) is 10.0 Å². The lowest BCUT2D eigenvalue weighted by atomic mass is 10.0. The number of anilines is 1. The summed E-state index contributed by atoms with van der Waals surface area (Å²) in [6, 6.07) is 19.8. The molecular formula is C25H26N2O4S. The zero-order valence-corrected chi connectivity index (χ0v) is 19.0. The number of benzene rings is 3. The van der Waals surface area contributed by atoms with Crippen molar-refractivity contribution in [3.05, 3.63) is 89.0 Å². The van der Waals surface area contributed by atoms with E-state index in [4.69, 9.17) is 4.74 Å². The fourth-order valence-corrected chi connectivity index (χ4v) is 5.22. The van der Waals surface area contributed by atoms with E-state index < -0.39 is 10.0 Å². The van der Waals surface area contributed by atoms with Gasteiger partial charge in [-0.1, -0.05) is 36.4 Å². The Morgan fingerprint density at radius 3 is 2.56 bits per heavy atom. The van der Waals surface area contributed by atoms with Gasteiger partial charge in [0, 0.05) is 18.8 Å². The third-order valence-corrected chi connectivity index (χ3v) is 7.62. The standard InChI is InChI=1S/C25H26N2O4S/c1-18-7-6-10-24(19(18)2)31-17-25(28)26-22-12-11-20-13-14-27(16-21(20)15-22)32(29,30)23-8-4-3-5-9-23/h3-12,15H,13-14,16-17H2,1-2H3,(H,26,28). The molecule has 3 aromatic carbocycles. The topological polar surface area (TPSA) is 75.7 Å². The first-order chi connectivity index (χ1) is 15.3. The number of hydrogen-bond donors (Lipinski definition) is 1. The second-order valence-corrected chi connectivity index (χ2v) is 9.86. The van der Waals surface area contributed by atoms with E-state index in [0.717, 1.165) is 22.3 Å². The molecule has 1 N–H and O–H groups in total. The highest BCUT2D eigenvalue weighted by atomic mass is 32.2. The number of carbonyl (C=O) groups excluding carboxylic acids is 1. The van der Waals surface area contributed by atoms with Gasteiger partial charge in [-0.05, 0) is 72.9 Å². The van der Waals surface area contributed by atoms with Crippen molar-refractivity contribution in [2.75, 3.05) is 18.5 Å². The fraction of sp³-hybridized carbons (Fsp3) is 0.240. The molecule has 0 saturated heterocycles. The summed E-state index contributed by atoms with van der Waals surface area (Å²) in [6.07, 6.45) is 0.630. The van der Waals surface area contributed by atoms with Crippen LogP contribution < -0.4 is 10.1 Å². The summed E-state index contributed by atoms with van der Waals surface area (Å²) in [4.78, 5) is 12.7. The van der Waals surface area contributed by atoms with Crippen LogP contribution in [-0.4, -0.2) is 31.8 Å². The van der Waals surface area contributed by atoms with Crippen LogP contribution in [0.3, 0.4) is 0 Å². The van der Waals surface area contributed by atoms with E-state index in [1.807, 2.05) is 50.2 Å². The van der Waals surface area contributed by atoms with Crippen LogP contribution in [-0.2, 0) is 27.8 Å². The first kappa shape index (κ1) is 22.0. The van der Waals surface area contributed by atoms with Crippen molar-refractivity contribution in [3.63, 3.8) is 0 Å². The van der Waals surface area contributed by atoms with Crippen LogP contribution in [0, 0.1) is 13.8 Å². The Kier molecular flexibility index (Phi) is 6.30. The molecule has 6 nitrogen and oxygen atoms in total. The fourth-order valence-electron chi connectivity index (χ4n) is 3.78. The van der Waals surface area contributed by atoms with Crippen LogP contribution in [0.15, 0.2) is 71.6 Å². The minimum absolute atomic E-state index is 0.101. The lowest BCUT2D eigenvalue weighted by Crippen LogP contribution is -2.36. The maximum Gasteiger partial charge on any atom is 0.262 e. The van der Waals surface area contributed by atoms with Gasteiger partial charge in [-0.15, -0.1) is 0 Å². The summed E-state index contributed by atoms with van der Waals surface area (Å²) in [5.41, 5.74) is 4.72. The Hall–Kier alpha value is -3.16. The smallest absolute Gasteiger partial charge is 0.262 e. The molecule has 0 aromatic heterocycles. The van der Waals surface area contributed by atoms with Gasteiger partial charge in [0.1, 0.15) is 5.75 Å². The predicted molar refractivity (Wildman–Crippen MR) is 124 cm³/mol. The number of ether oxygens (including phenoxy) is 1. The number of amides is 1. The van der Waals surface area contributed by atoms with E-state index in [1.54, 1.807) is 30.3 Å². The van der Waals surface area contributed by atoms with Gasteiger partial charge < -0.3 is 10.1 Å². The molecule has 0 spiro atoms. The molecule has 0 fully saturated rings. The lowest BCUT2D eigenvalue weighted by molar-refractivity contribution is -0.118. The van der Waals surface area contributed by atoms with Crippen molar-refractivity contribution in [2.24, 2.45) is 0 Å². The number of fused-ring (bicyclic) bond motifs is 1. The molecule has 0 saturated carbocycles. The van der Waals surface area contributed by atoms with E-state index in [1.165, 1.54) is 4.31 Å². The minimum atomic E-state index is -3.56. The van der Waals surface area contributed by atoms with Crippen molar-refractivity contribution < 1.29 is 17.9 Å². The maximum absolute atomic E-state index is 13.0. The third kappa shape index (κ3) is 4.69. The molecule has 1 aliphatic heterocycles. The van der Waals surface area contributed by atoms with Crippen LogP contribution in [0.25, 0.3) is 0 Å². The Labute approximate surface area is 188 Å². The summed E-state index contributed by atoms with van der Waals surface area (Å²) in [7, 11) is -3.56. The molecule has 166 valence electrons. The summed E-state index contributed by atoms with van der Waals surface area (Å²) in [5.74, 6) is 0.419. The average molecular weight is 451 g/mol. The van der Waals surface area contributed by atoms with Gasteiger partial charge in [0.25, 0.3) is 5.91 Å². The summed E-state index contributed by atoms with van der Waals surface area (Å²) < 4.78 is 33.1. The minimum Gasteiger partial charge on any atom is -0.483 e. The molecule has 4 rings (SSSR count). The number of aryl methyl sites for hydroxylation is 1. The van der Waals surface area contributed by atoms with Crippen molar-refractivity contribution in [3.8, 4) is 5.75 Å². The number of carbonyl (C=O) groups is 1. The average Bonchev–Trinajstić information content (AvgIpc) is 2.80. The van der Waals surface area contributed by atoms with E-state index in [-0.39, 0.29) is 24.0 Å². The quantitative estimate of drug-likeness (QED) is 0.614. The van der Waals surface area contributed by atoms with E-state index in [9.17, 15) is 13.2 Å². The van der Waals surface area contributed by atoms with Gasteiger partial charge in [0.05, 0.1) is 4.90 Å². The van der Waals surface area contributed by atoms with E-state index >= 15 is 0 Å². The van der Waals surface area contributed by atoms with Crippen LogP contribution >= 0.6 is 0 Å². The molecule has 0 aliphatic carbocycles. The normalized spacial score (nSPS) is 13.9. The summed E-state index contributed by atoms with van der Waals surface area (Å²) >= 11 is 0. The van der Waals surface area contributed by atoms with Crippen LogP contribution in [0.2, 0.25) is 0 Å². The molecule has 1 aliphatic rings. The highest BCUT2D eigenvalue weighted by Gasteiger charge is 2.28. The maximum atomic E-state index is 13.0. The highest BCUT2D eigenvalue weighted by molar-refractivity contribution is 7.89. The first-order valence-corrected chi connectivity index (χ1v) is 11.9. The van der Waals surface area contributed by atoms with Crippen molar-refractivity contribution in [2.45, 2.75) is 31.7 Å². The molecule has 0 radical (unpaired) electrons. The highest BCUT2D eigenvalue weighted by Crippen LogP contribution is 2.27. The summed E-state index contributed by atoms with van der Waals surface area (Å²) in [6.45, 7) is 4.56. The number of nitrogens with zero attached hydrogens (tertiary/aromatic N) is 1. The molecule has 7 heteroatoms. The summed E-state index contributed by atoms with van der Waals surface area (Å²) in [5, 5.41) is 2.85. The zero-order valence-electron chi connectivity index (χ0n) is 18.2. The number of hydrogen-bond acceptors (Lipinski definition) is 4. The lowest BCUT2D eigenvalue weighted by Gasteiger charge is -2.28. The Morgan fingerprint density at radius 2 is 1.78 bits per heavy atom. The van der Waals surface area contributed by atoms with Gasteiger partial charge in [0.15, 0.2) is 6.61 Å². The van der Waals surface area contributed by atoms with Crippen LogP contribution in [0.5, 0.6) is 5.75 Å². The number of sulfonamides is 1. The molecular weight excluding hydrogens is 424 g/mol. The van der Waals surface area contributed by atoms with Crippen molar-refractivity contribution in [1.82, 2.24) is 4.31 Å². The van der Waals surface area contributed by atoms with Gasteiger partial charge in [-0.3, -0.25) is 4.79 Å². The Morgan fingerprint density at radius 1 is 1.00 bits per heavy atom. The van der Waals surface area contributed by atoms with Crippen LogP contribution in [0.1, 0.15) is 22.3 Å². The second-order valence-electron chi connectivity index (χ2n) is 7.92. The van der Waals surface area contributed by atoms with Crippen molar-refractivity contribution in [1.29, 1.82) is 0 Å². The molecule has 32 heavy (non-hydrogen) atoms. The molecule has 3 aromatic rings. The Bertz CT molecular complexity index is 1240. The van der Waals surface area contributed by atoms with E-state index in [2.05, 4.69) is 5.32 Å². The molecule has 1 amide bonds. The second kappa shape index (κ2) is 9.14. The third-order valence-electron chi connectivity index (χ3n) is 5.76. The SMILES string of the molecule is Cc1cccc(OCC(=O)Nc2ccc3c(c2)CN(S(=O)(=O)c2ccccc2)CC3)c1C. The monoisotopic (exact) mass is 450 g/mol. The predicted octanol–water partition coefficient (Wildman–Crippen LogP) is 4.07. The van der Waals surface area contributed by atoms with Gasteiger partial charge in [-0.25, -0.2) is 8.42 Å². The largest absolute Gasteiger partial charge is 0.483 e. The van der Waals surface area contributed by atoms with E-state index in [0.29, 0.717) is 24.4 Å². The molecule has 0 atom stereocenters. The first-order valence-electron chi connectivity index (χ1n) is 10.5. The van der Waals surface area contributed by atoms with Crippen molar-refractivity contribution >= 4 is 21.6 Å². The number of nitrogens with one attached hydrogen (secondary N) is 1. The van der Waals surface area contributed by atoms with Gasteiger partial charge in [-0.2, -0.15) is 4.31 Å². The number of rotatable bonds is 6. The molecule has 0 unspecified atom stereocenters. The molecule has 1 heterocycles. The van der Waals surface area contributed by atoms with Gasteiger partial charge >= 0.3 is 0 Å². The molecule has 0 bridgehead atoms. The zero-order chi connectivity index (χ0) is 22.7.